The second kappa shape index (κ2) is 7.52. The minimum Gasteiger partial charge on any atom is -0.450 e. The molecule has 1 aliphatic carbocycles. The van der Waals surface area contributed by atoms with E-state index in [4.69, 9.17) is 4.74 Å². The van der Waals surface area contributed by atoms with Crippen molar-refractivity contribution in [3.05, 3.63) is 0 Å². The zero-order valence-corrected chi connectivity index (χ0v) is 16.1. The first-order chi connectivity index (χ1) is 12.0. The third-order valence-corrected chi connectivity index (χ3v) is 6.26. The van der Waals surface area contributed by atoms with E-state index in [0.717, 1.165) is 45.6 Å². The van der Waals surface area contributed by atoms with Crippen LogP contribution in [0.1, 0.15) is 40.5 Å². The van der Waals surface area contributed by atoms with Gasteiger partial charge in [0.15, 0.2) is 0 Å². The summed E-state index contributed by atoms with van der Waals surface area (Å²) in [5, 5.41) is 0. The van der Waals surface area contributed by atoms with Crippen molar-refractivity contribution in [3.63, 3.8) is 0 Å². The van der Waals surface area contributed by atoms with E-state index < -0.39 is 0 Å². The van der Waals surface area contributed by atoms with Crippen molar-refractivity contribution in [2.45, 2.75) is 52.6 Å². The van der Waals surface area contributed by atoms with Gasteiger partial charge in [0.05, 0.1) is 6.61 Å². The molecule has 3 atom stereocenters. The molecule has 1 saturated carbocycles. The van der Waals surface area contributed by atoms with Gasteiger partial charge in [0.1, 0.15) is 0 Å². The van der Waals surface area contributed by atoms with Crippen LogP contribution < -0.4 is 0 Å². The SMILES string of the molecule is CCOC(=O)N1CCC(N2C[C@@H]3C(C(=O)N(CC)C(C)C)[C@@H]3C2)CC1. The maximum absolute atomic E-state index is 12.7. The number of likely N-dealkylation sites (tertiary alicyclic amines) is 2. The molecule has 6 heteroatoms. The number of hydrogen-bond donors (Lipinski definition) is 0. The summed E-state index contributed by atoms with van der Waals surface area (Å²) in [7, 11) is 0. The first-order valence-corrected chi connectivity index (χ1v) is 9.94. The van der Waals surface area contributed by atoms with Crippen molar-refractivity contribution in [1.82, 2.24) is 14.7 Å². The molecule has 2 aliphatic heterocycles. The number of fused-ring (bicyclic) bond motifs is 1. The molecule has 2 heterocycles. The third kappa shape index (κ3) is 3.64. The number of piperidine rings is 2. The van der Waals surface area contributed by atoms with Crippen molar-refractivity contribution in [2.75, 3.05) is 39.3 Å². The quantitative estimate of drug-likeness (QED) is 0.761. The summed E-state index contributed by atoms with van der Waals surface area (Å²) in [4.78, 5) is 30.9. The maximum Gasteiger partial charge on any atom is 0.409 e. The number of hydrogen-bond acceptors (Lipinski definition) is 4. The van der Waals surface area contributed by atoms with E-state index in [-0.39, 0.29) is 12.0 Å². The Morgan fingerprint density at radius 2 is 1.72 bits per heavy atom. The largest absolute Gasteiger partial charge is 0.450 e. The van der Waals surface area contributed by atoms with Gasteiger partial charge in [0.2, 0.25) is 5.91 Å². The molecule has 0 spiro atoms. The molecule has 2 amide bonds. The van der Waals surface area contributed by atoms with Crippen LogP contribution in [0.2, 0.25) is 0 Å². The standard InChI is InChI=1S/C19H33N3O3/c1-5-22(13(3)4)18(23)17-15-11-21(12-16(15)17)14-7-9-20(10-8-14)19(24)25-6-2/h13-17H,5-12H2,1-4H3/t15-,16+,17?. The average Bonchev–Trinajstić information content (AvgIpc) is 3.09. The van der Waals surface area contributed by atoms with E-state index in [9.17, 15) is 9.59 Å². The molecular formula is C19H33N3O3. The second-order valence-corrected chi connectivity index (χ2v) is 7.94. The van der Waals surface area contributed by atoms with E-state index >= 15 is 0 Å². The lowest BCUT2D eigenvalue weighted by molar-refractivity contribution is -0.135. The molecule has 25 heavy (non-hydrogen) atoms. The van der Waals surface area contributed by atoms with Gasteiger partial charge in [-0.2, -0.15) is 0 Å². The smallest absolute Gasteiger partial charge is 0.409 e. The fraction of sp³-hybridized carbons (Fsp3) is 0.895. The van der Waals surface area contributed by atoms with Crippen LogP contribution in [0.5, 0.6) is 0 Å². The van der Waals surface area contributed by atoms with Gasteiger partial charge in [-0.15, -0.1) is 0 Å². The lowest BCUT2D eigenvalue weighted by Crippen LogP contribution is -2.47. The van der Waals surface area contributed by atoms with E-state index in [2.05, 4.69) is 25.7 Å². The molecule has 142 valence electrons. The summed E-state index contributed by atoms with van der Waals surface area (Å²) in [6.07, 6.45) is 1.86. The molecule has 0 bridgehead atoms. The minimum atomic E-state index is -0.177. The number of rotatable bonds is 5. The second-order valence-electron chi connectivity index (χ2n) is 7.94. The Labute approximate surface area is 151 Å². The van der Waals surface area contributed by atoms with Crippen molar-refractivity contribution >= 4 is 12.0 Å². The van der Waals surface area contributed by atoms with Gasteiger partial charge < -0.3 is 14.5 Å². The van der Waals surface area contributed by atoms with Gasteiger partial charge in [-0.1, -0.05) is 0 Å². The normalized spacial score (nSPS) is 29.6. The molecule has 0 aromatic carbocycles. The molecule has 0 aromatic rings. The van der Waals surface area contributed by atoms with Crippen LogP contribution in [0.3, 0.4) is 0 Å². The zero-order chi connectivity index (χ0) is 18.1. The van der Waals surface area contributed by atoms with Crippen molar-refractivity contribution < 1.29 is 14.3 Å². The van der Waals surface area contributed by atoms with Crippen LogP contribution in [-0.4, -0.2) is 78.1 Å². The van der Waals surface area contributed by atoms with Crippen LogP contribution in [0.15, 0.2) is 0 Å². The highest BCUT2D eigenvalue weighted by Gasteiger charge is 2.60. The molecule has 0 radical (unpaired) electrons. The Hall–Kier alpha value is -1.30. The van der Waals surface area contributed by atoms with Crippen molar-refractivity contribution in [1.29, 1.82) is 0 Å². The summed E-state index contributed by atoms with van der Waals surface area (Å²) in [5.74, 6) is 1.74. The van der Waals surface area contributed by atoms with Crippen molar-refractivity contribution in [3.8, 4) is 0 Å². The van der Waals surface area contributed by atoms with Crippen LogP contribution in [0, 0.1) is 17.8 Å². The van der Waals surface area contributed by atoms with E-state index in [1.165, 1.54) is 0 Å². The highest BCUT2D eigenvalue weighted by atomic mass is 16.6. The Morgan fingerprint density at radius 1 is 1.12 bits per heavy atom. The van der Waals surface area contributed by atoms with Crippen molar-refractivity contribution in [2.24, 2.45) is 17.8 Å². The Kier molecular flexibility index (Phi) is 5.56. The molecule has 3 fully saturated rings. The minimum absolute atomic E-state index is 0.177. The lowest BCUT2D eigenvalue weighted by atomic mass is 10.0. The van der Waals surface area contributed by atoms with Gasteiger partial charge in [-0.3, -0.25) is 9.69 Å². The Balaban J connectivity index is 1.45. The molecule has 1 unspecified atom stereocenters. The first kappa shape index (κ1) is 18.5. The average molecular weight is 351 g/mol. The van der Waals surface area contributed by atoms with Crippen LogP contribution in [0.4, 0.5) is 4.79 Å². The maximum atomic E-state index is 12.7. The zero-order valence-electron chi connectivity index (χ0n) is 16.1. The number of nitrogens with zero attached hydrogens (tertiary/aromatic N) is 3. The lowest BCUT2D eigenvalue weighted by Gasteiger charge is -2.37. The summed E-state index contributed by atoms with van der Waals surface area (Å²) < 4.78 is 5.09. The monoisotopic (exact) mass is 351 g/mol. The molecule has 6 nitrogen and oxygen atoms in total. The number of amides is 2. The van der Waals surface area contributed by atoms with Gasteiger partial charge in [-0.05, 0) is 52.4 Å². The number of carbonyl (C=O) groups is 2. The molecular weight excluding hydrogens is 318 g/mol. The van der Waals surface area contributed by atoms with Gasteiger partial charge in [-0.25, -0.2) is 4.79 Å². The van der Waals surface area contributed by atoms with E-state index in [1.54, 1.807) is 0 Å². The highest BCUT2D eigenvalue weighted by Crippen LogP contribution is 2.53. The first-order valence-electron chi connectivity index (χ1n) is 9.94. The topological polar surface area (TPSA) is 53.1 Å². The fourth-order valence-corrected chi connectivity index (χ4v) is 4.82. The Morgan fingerprint density at radius 3 is 2.20 bits per heavy atom. The van der Waals surface area contributed by atoms with Crippen LogP contribution >= 0.6 is 0 Å². The molecule has 0 aromatic heterocycles. The Bertz CT molecular complexity index is 490. The van der Waals surface area contributed by atoms with Crippen LogP contribution in [0.25, 0.3) is 0 Å². The van der Waals surface area contributed by atoms with Crippen LogP contribution in [-0.2, 0) is 9.53 Å². The molecule has 3 aliphatic rings. The summed E-state index contributed by atoms with van der Waals surface area (Å²) in [6, 6.07) is 0.851. The predicted molar refractivity (Wildman–Crippen MR) is 96.2 cm³/mol. The molecule has 3 rings (SSSR count). The third-order valence-electron chi connectivity index (χ3n) is 6.26. The van der Waals surface area contributed by atoms with Gasteiger partial charge >= 0.3 is 6.09 Å². The van der Waals surface area contributed by atoms with Gasteiger partial charge in [0, 0.05) is 50.7 Å². The summed E-state index contributed by atoms with van der Waals surface area (Å²) in [5.41, 5.74) is 0. The highest BCUT2D eigenvalue weighted by molar-refractivity contribution is 5.83. The van der Waals surface area contributed by atoms with E-state index in [0.29, 0.717) is 36.4 Å². The number of ether oxygens (including phenoxy) is 1. The molecule has 0 N–H and O–H groups in total. The number of carbonyl (C=O) groups excluding carboxylic acids is 2. The van der Waals surface area contributed by atoms with Gasteiger partial charge in [0.25, 0.3) is 0 Å². The predicted octanol–water partition coefficient (Wildman–Crippen LogP) is 2.04. The van der Waals surface area contributed by atoms with E-state index in [1.807, 2.05) is 16.7 Å². The molecule has 2 saturated heterocycles. The summed E-state index contributed by atoms with van der Waals surface area (Å²) >= 11 is 0. The summed E-state index contributed by atoms with van der Waals surface area (Å²) in [6.45, 7) is 13.0. The fourth-order valence-electron chi connectivity index (χ4n) is 4.82.